The predicted octanol–water partition coefficient (Wildman–Crippen LogP) is 3.12. The molecule has 2 aromatic carbocycles. The van der Waals surface area contributed by atoms with Gasteiger partial charge in [0.1, 0.15) is 12.4 Å². The topological polar surface area (TPSA) is 64.0 Å². The Morgan fingerprint density at radius 3 is 2.56 bits per heavy atom. The highest BCUT2D eigenvalue weighted by Gasteiger charge is 2.37. The minimum Gasteiger partial charge on any atom is -0.345 e. The molecule has 5 nitrogen and oxygen atoms in total. The molecule has 0 spiro atoms. The standard InChI is InChI=1S/C21H20FN3O2/c22-16-9-7-15(8-10-16)21(11-3-4-12-21)24-19(26)13-25-14-23-18-6-2-1-5-17(18)20(25)27/h1-2,5-10,14H,3-4,11-13H2,(H,24,26). The highest BCUT2D eigenvalue weighted by molar-refractivity contribution is 5.79. The van der Waals surface area contributed by atoms with Gasteiger partial charge in [0.2, 0.25) is 5.91 Å². The number of aromatic nitrogens is 2. The Hall–Kier alpha value is -3.02. The van der Waals surface area contributed by atoms with Crippen LogP contribution in [0.1, 0.15) is 31.2 Å². The fourth-order valence-electron chi connectivity index (χ4n) is 3.91. The lowest BCUT2D eigenvalue weighted by Crippen LogP contribution is -2.46. The number of nitrogens with one attached hydrogen (secondary N) is 1. The maximum atomic E-state index is 13.3. The van der Waals surface area contributed by atoms with Gasteiger partial charge < -0.3 is 5.32 Å². The number of hydrogen-bond acceptors (Lipinski definition) is 3. The third kappa shape index (κ3) is 3.35. The number of hydrogen-bond donors (Lipinski definition) is 1. The van der Waals surface area contributed by atoms with E-state index in [-0.39, 0.29) is 23.8 Å². The van der Waals surface area contributed by atoms with Crippen LogP contribution in [-0.2, 0) is 16.9 Å². The van der Waals surface area contributed by atoms with Crippen molar-refractivity contribution in [3.8, 4) is 0 Å². The molecular weight excluding hydrogens is 345 g/mol. The maximum absolute atomic E-state index is 13.3. The van der Waals surface area contributed by atoms with Crippen molar-refractivity contribution in [2.24, 2.45) is 0 Å². The third-order valence-electron chi connectivity index (χ3n) is 5.28. The third-order valence-corrected chi connectivity index (χ3v) is 5.28. The first-order valence-corrected chi connectivity index (χ1v) is 9.09. The Bertz CT molecular complexity index is 1040. The Kier molecular flexibility index (Phi) is 4.48. The molecule has 0 radical (unpaired) electrons. The van der Waals surface area contributed by atoms with Crippen molar-refractivity contribution in [1.29, 1.82) is 0 Å². The first-order valence-electron chi connectivity index (χ1n) is 9.09. The predicted molar refractivity (Wildman–Crippen MR) is 101 cm³/mol. The molecule has 1 amide bonds. The zero-order valence-corrected chi connectivity index (χ0v) is 14.8. The molecule has 1 heterocycles. The fraction of sp³-hybridized carbons (Fsp3) is 0.286. The summed E-state index contributed by atoms with van der Waals surface area (Å²) in [5.74, 6) is -0.549. The average Bonchev–Trinajstić information content (AvgIpc) is 3.14. The number of rotatable bonds is 4. The highest BCUT2D eigenvalue weighted by Crippen LogP contribution is 2.38. The molecule has 1 aliphatic carbocycles. The van der Waals surface area contributed by atoms with Gasteiger partial charge in [-0.1, -0.05) is 37.1 Å². The van der Waals surface area contributed by atoms with Gasteiger partial charge in [-0.15, -0.1) is 0 Å². The number of nitrogens with zero attached hydrogens (tertiary/aromatic N) is 2. The van der Waals surface area contributed by atoms with Crippen LogP contribution >= 0.6 is 0 Å². The molecule has 1 fully saturated rings. The van der Waals surface area contributed by atoms with Crippen LogP contribution in [0.2, 0.25) is 0 Å². The Balaban J connectivity index is 1.58. The van der Waals surface area contributed by atoms with Gasteiger partial charge in [-0.3, -0.25) is 14.2 Å². The molecular formula is C21H20FN3O2. The number of benzene rings is 2. The van der Waals surface area contributed by atoms with Gasteiger partial charge in [-0.25, -0.2) is 9.37 Å². The van der Waals surface area contributed by atoms with E-state index in [0.29, 0.717) is 10.9 Å². The lowest BCUT2D eigenvalue weighted by molar-refractivity contribution is -0.123. The molecule has 6 heteroatoms. The van der Waals surface area contributed by atoms with E-state index >= 15 is 0 Å². The summed E-state index contributed by atoms with van der Waals surface area (Å²) in [6, 6.07) is 13.4. The number of para-hydroxylation sites is 1. The zero-order chi connectivity index (χ0) is 18.9. The van der Waals surface area contributed by atoms with Gasteiger partial charge in [0.05, 0.1) is 22.8 Å². The first-order chi connectivity index (χ1) is 13.1. The second-order valence-corrected chi connectivity index (χ2v) is 7.04. The average molecular weight is 365 g/mol. The van der Waals surface area contributed by atoms with Crippen LogP contribution in [0, 0.1) is 5.82 Å². The number of amides is 1. The van der Waals surface area contributed by atoms with Gasteiger partial charge in [0, 0.05) is 0 Å². The molecule has 1 aliphatic rings. The Labute approximate surface area is 155 Å². The monoisotopic (exact) mass is 365 g/mol. The van der Waals surface area contributed by atoms with Gasteiger partial charge in [-0.2, -0.15) is 0 Å². The van der Waals surface area contributed by atoms with Gasteiger partial charge >= 0.3 is 0 Å². The molecule has 0 aliphatic heterocycles. The summed E-state index contributed by atoms with van der Waals surface area (Å²) >= 11 is 0. The van der Waals surface area contributed by atoms with Crippen molar-refractivity contribution in [1.82, 2.24) is 14.9 Å². The van der Waals surface area contributed by atoms with E-state index < -0.39 is 5.54 Å². The summed E-state index contributed by atoms with van der Waals surface area (Å²) in [5.41, 5.74) is 0.771. The van der Waals surface area contributed by atoms with E-state index in [1.54, 1.807) is 30.3 Å². The zero-order valence-electron chi connectivity index (χ0n) is 14.8. The van der Waals surface area contributed by atoms with E-state index in [9.17, 15) is 14.0 Å². The molecule has 0 unspecified atom stereocenters. The van der Waals surface area contributed by atoms with E-state index in [4.69, 9.17) is 0 Å². The van der Waals surface area contributed by atoms with Crippen LogP contribution in [0.15, 0.2) is 59.7 Å². The van der Waals surface area contributed by atoms with Crippen LogP contribution in [0.4, 0.5) is 4.39 Å². The normalized spacial score (nSPS) is 15.7. The van der Waals surface area contributed by atoms with Crippen molar-refractivity contribution in [2.75, 3.05) is 0 Å². The second kappa shape index (κ2) is 6.95. The maximum Gasteiger partial charge on any atom is 0.261 e. The van der Waals surface area contributed by atoms with E-state index in [2.05, 4.69) is 10.3 Å². The summed E-state index contributed by atoms with van der Waals surface area (Å²) in [7, 11) is 0. The lowest BCUT2D eigenvalue weighted by Gasteiger charge is -2.31. The molecule has 0 atom stereocenters. The number of carbonyl (C=O) groups is 1. The molecule has 3 aromatic rings. The summed E-state index contributed by atoms with van der Waals surface area (Å²) in [6.07, 6.45) is 5.00. The minimum atomic E-state index is -0.501. The fourth-order valence-corrected chi connectivity index (χ4v) is 3.91. The van der Waals surface area contributed by atoms with E-state index in [1.165, 1.54) is 23.0 Å². The molecule has 1 N–H and O–H groups in total. The molecule has 4 rings (SSSR count). The molecule has 0 saturated heterocycles. The summed E-state index contributed by atoms with van der Waals surface area (Å²) < 4.78 is 14.6. The summed E-state index contributed by atoms with van der Waals surface area (Å²) in [6.45, 7) is -0.0976. The summed E-state index contributed by atoms with van der Waals surface area (Å²) in [4.78, 5) is 29.6. The van der Waals surface area contributed by atoms with E-state index in [0.717, 1.165) is 31.2 Å². The van der Waals surface area contributed by atoms with Crippen LogP contribution in [0.5, 0.6) is 0 Å². The molecule has 1 aromatic heterocycles. The largest absolute Gasteiger partial charge is 0.345 e. The van der Waals surface area contributed by atoms with Gasteiger partial charge in [0.25, 0.3) is 5.56 Å². The Morgan fingerprint density at radius 2 is 1.81 bits per heavy atom. The van der Waals surface area contributed by atoms with Gasteiger partial charge in [-0.05, 0) is 42.7 Å². The van der Waals surface area contributed by atoms with Gasteiger partial charge in [0.15, 0.2) is 0 Å². The number of halogens is 1. The molecule has 0 bridgehead atoms. The van der Waals surface area contributed by atoms with Crippen molar-refractivity contribution in [2.45, 2.75) is 37.8 Å². The highest BCUT2D eigenvalue weighted by atomic mass is 19.1. The van der Waals surface area contributed by atoms with E-state index in [1.807, 2.05) is 6.07 Å². The minimum absolute atomic E-state index is 0.0976. The molecule has 138 valence electrons. The second-order valence-electron chi connectivity index (χ2n) is 7.04. The first kappa shape index (κ1) is 17.4. The van der Waals surface area contributed by atoms with Crippen LogP contribution in [-0.4, -0.2) is 15.5 Å². The lowest BCUT2D eigenvalue weighted by atomic mass is 9.88. The Morgan fingerprint density at radius 1 is 1.11 bits per heavy atom. The summed E-state index contributed by atoms with van der Waals surface area (Å²) in [5, 5.41) is 3.59. The smallest absolute Gasteiger partial charge is 0.261 e. The van der Waals surface area contributed by atoms with Crippen molar-refractivity contribution < 1.29 is 9.18 Å². The van der Waals surface area contributed by atoms with Crippen molar-refractivity contribution >= 4 is 16.8 Å². The molecule has 1 saturated carbocycles. The van der Waals surface area contributed by atoms with Crippen molar-refractivity contribution in [3.05, 3.63) is 76.6 Å². The van der Waals surface area contributed by atoms with Crippen LogP contribution < -0.4 is 10.9 Å². The van der Waals surface area contributed by atoms with Crippen LogP contribution in [0.3, 0.4) is 0 Å². The SMILES string of the molecule is O=C(Cn1cnc2ccccc2c1=O)NC1(c2ccc(F)cc2)CCCC1. The van der Waals surface area contributed by atoms with Crippen molar-refractivity contribution in [3.63, 3.8) is 0 Å². The van der Waals surface area contributed by atoms with Crippen LogP contribution in [0.25, 0.3) is 10.9 Å². The number of carbonyl (C=O) groups excluding carboxylic acids is 1. The quantitative estimate of drug-likeness (QED) is 0.773. The number of fused-ring (bicyclic) bond motifs is 1. The molecule has 27 heavy (non-hydrogen) atoms.